The maximum atomic E-state index is 11.2. The minimum Gasteiger partial charge on any atom is -0.459 e. The third-order valence-corrected chi connectivity index (χ3v) is 1.74. The second kappa shape index (κ2) is 4.71. The van der Waals surface area contributed by atoms with Crippen LogP contribution in [0.5, 0.6) is 0 Å². The topological polar surface area (TPSA) is 48.0 Å². The van der Waals surface area contributed by atoms with Crippen molar-refractivity contribution in [1.82, 2.24) is 5.06 Å². The van der Waals surface area contributed by atoms with E-state index in [1.165, 1.54) is 24.7 Å². The molecule has 1 amide bonds. The molecular formula is C8H13NO4. The Bertz CT molecular complexity index is 196. The van der Waals surface area contributed by atoms with E-state index >= 15 is 0 Å². The summed E-state index contributed by atoms with van der Waals surface area (Å²) in [4.78, 5) is 15.9. The molecule has 0 aromatic heterocycles. The molecule has 13 heavy (non-hydrogen) atoms. The van der Waals surface area contributed by atoms with Gasteiger partial charge in [-0.3, -0.25) is 9.63 Å². The molecule has 0 aromatic rings. The van der Waals surface area contributed by atoms with Crippen LogP contribution in [0.1, 0.15) is 12.8 Å². The maximum absolute atomic E-state index is 11.2. The number of ether oxygens (including phenoxy) is 2. The molecule has 0 fully saturated rings. The molecule has 1 aliphatic heterocycles. The fourth-order valence-electron chi connectivity index (χ4n) is 0.908. The fraction of sp³-hybridized carbons (Fsp3) is 0.625. The Morgan fingerprint density at radius 1 is 1.54 bits per heavy atom. The third kappa shape index (κ3) is 2.95. The Morgan fingerprint density at radius 3 is 2.69 bits per heavy atom. The molecule has 0 aromatic carbocycles. The average molecular weight is 187 g/mol. The molecule has 0 N–H and O–H groups in total. The van der Waals surface area contributed by atoms with Gasteiger partial charge in [0, 0.05) is 19.9 Å². The lowest BCUT2D eigenvalue weighted by Gasteiger charge is -2.14. The van der Waals surface area contributed by atoms with E-state index in [9.17, 15) is 4.79 Å². The number of hydroxylamine groups is 2. The number of hydrogen-bond acceptors (Lipinski definition) is 4. The van der Waals surface area contributed by atoms with Crippen LogP contribution in [0.3, 0.4) is 0 Å². The molecule has 0 aliphatic carbocycles. The Morgan fingerprint density at radius 2 is 2.15 bits per heavy atom. The summed E-state index contributed by atoms with van der Waals surface area (Å²) in [5, 5.41) is 1.18. The quantitative estimate of drug-likeness (QED) is 0.606. The zero-order valence-electron chi connectivity index (χ0n) is 7.73. The summed E-state index contributed by atoms with van der Waals surface area (Å²) in [6, 6.07) is 0. The van der Waals surface area contributed by atoms with Gasteiger partial charge in [0.25, 0.3) is 0 Å². The van der Waals surface area contributed by atoms with Crippen LogP contribution in [0.4, 0.5) is 0 Å². The van der Waals surface area contributed by atoms with E-state index in [4.69, 9.17) is 14.3 Å². The number of carbonyl (C=O) groups excluding carboxylic acids is 1. The zero-order chi connectivity index (χ0) is 9.68. The number of amides is 1. The van der Waals surface area contributed by atoms with Gasteiger partial charge < -0.3 is 9.47 Å². The van der Waals surface area contributed by atoms with Crippen molar-refractivity contribution in [2.45, 2.75) is 19.1 Å². The highest BCUT2D eigenvalue weighted by Gasteiger charge is 2.16. The average Bonchev–Trinajstić information content (AvgIpc) is 2.65. The number of nitrogens with zero attached hydrogens (tertiary/aromatic N) is 1. The van der Waals surface area contributed by atoms with Crippen LogP contribution in [-0.4, -0.2) is 31.4 Å². The summed E-state index contributed by atoms with van der Waals surface area (Å²) in [6.45, 7) is 0. The molecule has 5 nitrogen and oxygen atoms in total. The molecule has 74 valence electrons. The molecular weight excluding hydrogens is 174 g/mol. The maximum Gasteiger partial charge on any atom is 0.246 e. The smallest absolute Gasteiger partial charge is 0.246 e. The first-order valence-corrected chi connectivity index (χ1v) is 4.00. The van der Waals surface area contributed by atoms with E-state index in [-0.39, 0.29) is 12.2 Å². The first kappa shape index (κ1) is 9.85. The monoisotopic (exact) mass is 187 g/mol. The number of carbonyl (C=O) groups is 1. The van der Waals surface area contributed by atoms with Gasteiger partial charge in [-0.1, -0.05) is 0 Å². The molecule has 0 saturated heterocycles. The van der Waals surface area contributed by atoms with E-state index < -0.39 is 0 Å². The molecule has 5 heteroatoms. The Balaban J connectivity index is 2.14. The Kier molecular flexibility index (Phi) is 3.57. The van der Waals surface area contributed by atoms with Gasteiger partial charge >= 0.3 is 0 Å². The molecule has 1 rings (SSSR count). The normalized spacial score (nSPS) is 15.2. The lowest BCUT2D eigenvalue weighted by Crippen LogP contribution is -2.26. The number of hydrogen-bond donors (Lipinski definition) is 0. The molecule has 0 bridgehead atoms. The molecule has 0 radical (unpaired) electrons. The lowest BCUT2D eigenvalue weighted by atomic mass is 10.3. The summed E-state index contributed by atoms with van der Waals surface area (Å²) < 4.78 is 10.0. The highest BCUT2D eigenvalue weighted by atomic mass is 16.7. The second-order valence-corrected chi connectivity index (χ2v) is 2.59. The predicted octanol–water partition coefficient (Wildman–Crippen LogP) is 0.630. The van der Waals surface area contributed by atoms with Gasteiger partial charge in [-0.25, -0.2) is 5.06 Å². The summed E-state index contributed by atoms with van der Waals surface area (Å²) in [6.07, 6.45) is 3.48. The van der Waals surface area contributed by atoms with Crippen molar-refractivity contribution in [3.05, 3.63) is 12.5 Å². The summed E-state index contributed by atoms with van der Waals surface area (Å²) in [5.74, 6) is -0.0957. The van der Waals surface area contributed by atoms with Crippen LogP contribution in [-0.2, 0) is 19.1 Å². The van der Waals surface area contributed by atoms with Gasteiger partial charge in [-0.05, 0) is 0 Å². The van der Waals surface area contributed by atoms with Crippen molar-refractivity contribution in [2.24, 2.45) is 0 Å². The van der Waals surface area contributed by atoms with Crippen LogP contribution in [0.2, 0.25) is 0 Å². The minimum atomic E-state index is -0.325. The van der Waals surface area contributed by atoms with Crippen LogP contribution in [0, 0.1) is 0 Å². The van der Waals surface area contributed by atoms with E-state index in [0.29, 0.717) is 12.8 Å². The van der Waals surface area contributed by atoms with Crippen molar-refractivity contribution in [1.29, 1.82) is 0 Å². The first-order chi connectivity index (χ1) is 6.24. The second-order valence-electron chi connectivity index (χ2n) is 2.59. The Hall–Kier alpha value is -1.23. The van der Waals surface area contributed by atoms with Crippen molar-refractivity contribution in [3.63, 3.8) is 0 Å². The summed E-state index contributed by atoms with van der Waals surface area (Å²) in [7, 11) is 3.01. The summed E-state index contributed by atoms with van der Waals surface area (Å²) >= 11 is 0. The molecule has 1 heterocycles. The zero-order valence-corrected chi connectivity index (χ0v) is 7.73. The van der Waals surface area contributed by atoms with Gasteiger partial charge in [0.2, 0.25) is 12.2 Å². The van der Waals surface area contributed by atoms with Crippen LogP contribution >= 0.6 is 0 Å². The number of rotatable bonds is 4. The molecule has 0 saturated carbocycles. The van der Waals surface area contributed by atoms with Gasteiger partial charge in [-0.15, -0.1) is 0 Å². The third-order valence-electron chi connectivity index (χ3n) is 1.74. The van der Waals surface area contributed by atoms with Crippen LogP contribution < -0.4 is 0 Å². The van der Waals surface area contributed by atoms with Gasteiger partial charge in [0.15, 0.2) is 0 Å². The van der Waals surface area contributed by atoms with E-state index in [1.807, 2.05) is 0 Å². The van der Waals surface area contributed by atoms with Gasteiger partial charge in [0.05, 0.1) is 7.11 Å². The highest BCUT2D eigenvalue weighted by molar-refractivity contribution is 5.74. The molecule has 1 aliphatic rings. The standard InChI is InChI=1S/C8H13NO4/c1-9(11-2)7(10)3-4-8-12-5-6-13-8/h5-6,8H,3-4H2,1-2H3. The lowest BCUT2D eigenvalue weighted by molar-refractivity contribution is -0.170. The van der Waals surface area contributed by atoms with Crippen LogP contribution in [0.15, 0.2) is 12.5 Å². The van der Waals surface area contributed by atoms with E-state index in [2.05, 4.69) is 0 Å². The minimum absolute atomic E-state index is 0.0957. The van der Waals surface area contributed by atoms with E-state index in [1.54, 1.807) is 7.05 Å². The van der Waals surface area contributed by atoms with Crippen molar-refractivity contribution < 1.29 is 19.1 Å². The fourth-order valence-corrected chi connectivity index (χ4v) is 0.908. The molecule has 0 spiro atoms. The van der Waals surface area contributed by atoms with Gasteiger partial charge in [-0.2, -0.15) is 0 Å². The van der Waals surface area contributed by atoms with Crippen LogP contribution in [0.25, 0.3) is 0 Å². The Labute approximate surface area is 76.8 Å². The molecule has 0 unspecified atom stereocenters. The SMILES string of the molecule is CON(C)C(=O)CCC1OC=CO1. The summed E-state index contributed by atoms with van der Waals surface area (Å²) in [5.41, 5.74) is 0. The van der Waals surface area contributed by atoms with Crippen molar-refractivity contribution >= 4 is 5.91 Å². The van der Waals surface area contributed by atoms with Crippen molar-refractivity contribution in [2.75, 3.05) is 14.2 Å². The first-order valence-electron chi connectivity index (χ1n) is 4.00. The largest absolute Gasteiger partial charge is 0.459 e. The van der Waals surface area contributed by atoms with E-state index in [0.717, 1.165) is 0 Å². The highest BCUT2D eigenvalue weighted by Crippen LogP contribution is 2.11. The predicted molar refractivity (Wildman–Crippen MR) is 44.1 cm³/mol. The molecule has 0 atom stereocenters. The van der Waals surface area contributed by atoms with Gasteiger partial charge in [0.1, 0.15) is 12.5 Å². The van der Waals surface area contributed by atoms with Crippen molar-refractivity contribution in [3.8, 4) is 0 Å².